The Kier molecular flexibility index (Phi) is 5.60. The van der Waals surface area contributed by atoms with Crippen LogP contribution in [0.3, 0.4) is 0 Å². The smallest absolute Gasteiger partial charge is 0.404 e. The topological polar surface area (TPSA) is 102 Å². The number of hydrogen-bond donors (Lipinski definition) is 0. The number of halogens is 1. The molecule has 9 heteroatoms. The first-order valence-corrected chi connectivity index (χ1v) is 8.70. The van der Waals surface area contributed by atoms with Crippen molar-refractivity contribution in [1.82, 2.24) is 15.0 Å². The fourth-order valence-corrected chi connectivity index (χ4v) is 2.72. The average molecular weight is 399 g/mol. The van der Waals surface area contributed by atoms with Crippen LogP contribution in [0.15, 0.2) is 53.8 Å². The summed E-state index contributed by atoms with van der Waals surface area (Å²) in [6.07, 6.45) is 0. The summed E-state index contributed by atoms with van der Waals surface area (Å²) in [5.41, 5.74) is 1.21. The van der Waals surface area contributed by atoms with E-state index in [0.717, 1.165) is 5.39 Å². The lowest BCUT2D eigenvalue weighted by atomic mass is 10.2. The van der Waals surface area contributed by atoms with Crippen molar-refractivity contribution in [2.45, 2.75) is 19.9 Å². The summed E-state index contributed by atoms with van der Waals surface area (Å²) in [5, 5.41) is 4.08. The van der Waals surface area contributed by atoms with Gasteiger partial charge in [-0.2, -0.15) is 5.01 Å². The molecule has 0 spiro atoms. The Balaban J connectivity index is 1.88. The van der Waals surface area contributed by atoms with Gasteiger partial charge in [0.15, 0.2) is 5.82 Å². The lowest BCUT2D eigenvalue weighted by Crippen LogP contribution is -2.39. The summed E-state index contributed by atoms with van der Waals surface area (Å²) in [5.74, 6) is -1.94. The SMILES string of the molecule is CC(C)N(N=O)C(=O)C(=O)Oc1cccc(-c2nc(Cl)c3ccccc3n2)c1. The quantitative estimate of drug-likeness (QED) is 0.165. The molecule has 1 heterocycles. The molecule has 0 N–H and O–H groups in total. The maximum absolute atomic E-state index is 12.0. The lowest BCUT2D eigenvalue weighted by Gasteiger charge is -2.15. The molecule has 0 saturated heterocycles. The van der Waals surface area contributed by atoms with Crippen LogP contribution in [0.1, 0.15) is 13.8 Å². The number of nitrogens with zero attached hydrogens (tertiary/aromatic N) is 4. The Morgan fingerprint density at radius 1 is 1.11 bits per heavy atom. The number of para-hydroxylation sites is 1. The van der Waals surface area contributed by atoms with Crippen molar-refractivity contribution in [3.63, 3.8) is 0 Å². The number of fused-ring (bicyclic) bond motifs is 1. The molecule has 2 aromatic carbocycles. The Bertz CT molecular complexity index is 1070. The van der Waals surface area contributed by atoms with Crippen LogP contribution in [0.25, 0.3) is 22.3 Å². The minimum atomic E-state index is -1.22. The molecule has 1 aromatic heterocycles. The van der Waals surface area contributed by atoms with E-state index in [1.807, 2.05) is 24.3 Å². The van der Waals surface area contributed by atoms with E-state index in [4.69, 9.17) is 16.3 Å². The molecular formula is C19H15ClN4O4. The number of rotatable bonds is 4. The van der Waals surface area contributed by atoms with Gasteiger partial charge in [0, 0.05) is 10.9 Å². The molecule has 0 atom stereocenters. The summed E-state index contributed by atoms with van der Waals surface area (Å²) in [4.78, 5) is 43.5. The molecule has 0 aliphatic carbocycles. The number of hydrogen-bond acceptors (Lipinski definition) is 7. The zero-order valence-electron chi connectivity index (χ0n) is 15.0. The van der Waals surface area contributed by atoms with Gasteiger partial charge < -0.3 is 4.74 Å². The van der Waals surface area contributed by atoms with Gasteiger partial charge in [0.05, 0.1) is 16.8 Å². The molecule has 8 nitrogen and oxygen atoms in total. The summed E-state index contributed by atoms with van der Waals surface area (Å²) >= 11 is 6.23. The highest BCUT2D eigenvalue weighted by atomic mass is 35.5. The predicted octanol–water partition coefficient (Wildman–Crippen LogP) is 3.77. The van der Waals surface area contributed by atoms with Crippen molar-refractivity contribution in [1.29, 1.82) is 0 Å². The monoisotopic (exact) mass is 398 g/mol. The van der Waals surface area contributed by atoms with Crippen molar-refractivity contribution in [2.75, 3.05) is 0 Å². The van der Waals surface area contributed by atoms with Gasteiger partial charge in [0.1, 0.15) is 10.9 Å². The minimum absolute atomic E-state index is 0.0957. The number of esters is 1. The van der Waals surface area contributed by atoms with Crippen LogP contribution < -0.4 is 4.74 Å². The van der Waals surface area contributed by atoms with Crippen LogP contribution in [0.4, 0.5) is 0 Å². The molecular weight excluding hydrogens is 384 g/mol. The first-order valence-electron chi connectivity index (χ1n) is 8.32. The van der Waals surface area contributed by atoms with Crippen molar-refractivity contribution in [3.05, 3.63) is 58.6 Å². The van der Waals surface area contributed by atoms with Crippen molar-refractivity contribution in [2.24, 2.45) is 5.29 Å². The Hall–Kier alpha value is -3.39. The summed E-state index contributed by atoms with van der Waals surface area (Å²) in [6, 6.07) is 13.0. The largest absolute Gasteiger partial charge is 0.419 e. The standard InChI is InChI=1S/C19H15ClN4O4/c1-11(2)24(23-27)18(25)19(26)28-13-7-5-6-12(10-13)17-21-15-9-4-3-8-14(15)16(20)22-17/h3-11H,1-2H3. The zero-order chi connectivity index (χ0) is 20.3. The maximum atomic E-state index is 12.0. The van der Waals surface area contributed by atoms with Crippen molar-refractivity contribution < 1.29 is 14.3 Å². The number of aromatic nitrogens is 2. The third-order valence-electron chi connectivity index (χ3n) is 3.82. The van der Waals surface area contributed by atoms with Crippen molar-refractivity contribution >= 4 is 34.4 Å². The van der Waals surface area contributed by atoms with Crippen LogP contribution in [0.2, 0.25) is 5.15 Å². The van der Waals surface area contributed by atoms with Gasteiger partial charge in [-0.25, -0.2) is 14.8 Å². The fourth-order valence-electron chi connectivity index (χ4n) is 2.48. The van der Waals surface area contributed by atoms with Crippen LogP contribution in [0, 0.1) is 4.91 Å². The van der Waals surface area contributed by atoms with E-state index in [1.54, 1.807) is 26.0 Å². The second-order valence-electron chi connectivity index (χ2n) is 6.10. The maximum Gasteiger partial charge on any atom is 0.404 e. The average Bonchev–Trinajstić information content (AvgIpc) is 2.68. The van der Waals surface area contributed by atoms with Gasteiger partial charge in [-0.05, 0) is 38.1 Å². The van der Waals surface area contributed by atoms with E-state index in [0.29, 0.717) is 27.1 Å². The summed E-state index contributed by atoms with van der Waals surface area (Å²) in [7, 11) is 0. The summed E-state index contributed by atoms with van der Waals surface area (Å²) < 4.78 is 5.07. The van der Waals surface area contributed by atoms with E-state index >= 15 is 0 Å². The first kappa shape index (κ1) is 19.4. The first-order chi connectivity index (χ1) is 13.4. The minimum Gasteiger partial charge on any atom is -0.419 e. The molecule has 1 amide bonds. The second kappa shape index (κ2) is 8.10. The molecule has 0 radical (unpaired) electrons. The molecule has 0 fully saturated rings. The van der Waals surface area contributed by atoms with E-state index in [2.05, 4.69) is 15.3 Å². The molecule has 0 bridgehead atoms. The Morgan fingerprint density at radius 3 is 2.57 bits per heavy atom. The number of nitroso groups, excluding NO2 is 1. The normalized spacial score (nSPS) is 10.7. The molecule has 0 aliphatic heterocycles. The summed E-state index contributed by atoms with van der Waals surface area (Å²) in [6.45, 7) is 3.10. The van der Waals surface area contributed by atoms with Crippen molar-refractivity contribution in [3.8, 4) is 17.1 Å². The molecule has 3 rings (SSSR count). The highest BCUT2D eigenvalue weighted by molar-refractivity contribution is 6.34. The predicted molar refractivity (Wildman–Crippen MR) is 103 cm³/mol. The van der Waals surface area contributed by atoms with Gasteiger partial charge in [-0.3, -0.25) is 4.79 Å². The molecule has 3 aromatic rings. The van der Waals surface area contributed by atoms with E-state index < -0.39 is 17.9 Å². The van der Waals surface area contributed by atoms with Gasteiger partial charge in [-0.15, -0.1) is 4.91 Å². The highest BCUT2D eigenvalue weighted by Gasteiger charge is 2.27. The fraction of sp³-hybridized carbons (Fsp3) is 0.158. The molecule has 28 heavy (non-hydrogen) atoms. The molecule has 142 valence electrons. The van der Waals surface area contributed by atoms with Gasteiger partial charge >= 0.3 is 11.9 Å². The molecule has 0 aliphatic rings. The number of benzene rings is 2. The molecule has 0 saturated carbocycles. The van der Waals surface area contributed by atoms with Gasteiger partial charge in [0.25, 0.3) is 0 Å². The van der Waals surface area contributed by atoms with Gasteiger partial charge in [0.2, 0.25) is 0 Å². The third kappa shape index (κ3) is 3.96. The Labute approximate surface area is 165 Å². The van der Waals surface area contributed by atoms with E-state index in [9.17, 15) is 14.5 Å². The Morgan fingerprint density at radius 2 is 1.86 bits per heavy atom. The second-order valence-corrected chi connectivity index (χ2v) is 6.46. The zero-order valence-corrected chi connectivity index (χ0v) is 15.8. The van der Waals surface area contributed by atoms with E-state index in [-0.39, 0.29) is 5.75 Å². The number of carbonyl (C=O) groups is 2. The molecule has 0 unspecified atom stereocenters. The number of carbonyl (C=O) groups excluding carboxylic acids is 2. The number of ether oxygens (including phenoxy) is 1. The van der Waals surface area contributed by atoms with E-state index in [1.165, 1.54) is 12.1 Å². The van der Waals surface area contributed by atoms with Crippen LogP contribution in [0.5, 0.6) is 5.75 Å². The third-order valence-corrected chi connectivity index (χ3v) is 4.11. The number of amides is 1. The van der Waals surface area contributed by atoms with Crippen LogP contribution in [-0.2, 0) is 9.59 Å². The van der Waals surface area contributed by atoms with Crippen LogP contribution in [-0.4, -0.2) is 32.9 Å². The lowest BCUT2D eigenvalue weighted by molar-refractivity contribution is -0.155. The van der Waals surface area contributed by atoms with Crippen LogP contribution >= 0.6 is 11.6 Å². The highest BCUT2D eigenvalue weighted by Crippen LogP contribution is 2.26. The van der Waals surface area contributed by atoms with Gasteiger partial charge in [-0.1, -0.05) is 35.9 Å².